The average molecular weight is 237 g/mol. The number of carbonyl (C=O) groups is 1. The number of carboxylic acid groups (broad SMARTS) is 1. The molecular weight excluding hydrogens is 222 g/mol. The number of rotatable bonds is 5. The van der Waals surface area contributed by atoms with Crippen LogP contribution in [0.5, 0.6) is 11.6 Å². The molecule has 0 unspecified atom stereocenters. The molecule has 5 heteroatoms. The number of ether oxygens (including phenoxy) is 2. The molecule has 0 radical (unpaired) electrons. The van der Waals surface area contributed by atoms with E-state index < -0.39 is 5.97 Å². The van der Waals surface area contributed by atoms with Crippen LogP contribution in [0.2, 0.25) is 0 Å². The highest BCUT2D eigenvalue weighted by Crippen LogP contribution is 2.56. The van der Waals surface area contributed by atoms with Crippen LogP contribution in [0.15, 0.2) is 12.3 Å². The third kappa shape index (κ3) is 2.05. The summed E-state index contributed by atoms with van der Waals surface area (Å²) in [6, 6.07) is 1.74. The van der Waals surface area contributed by atoms with Gasteiger partial charge in [0.1, 0.15) is 5.75 Å². The van der Waals surface area contributed by atoms with Crippen molar-refractivity contribution >= 4 is 5.97 Å². The van der Waals surface area contributed by atoms with Crippen molar-refractivity contribution in [2.24, 2.45) is 0 Å². The van der Waals surface area contributed by atoms with Gasteiger partial charge in [0.25, 0.3) is 0 Å². The Labute approximate surface area is 99.4 Å². The molecule has 0 aliphatic heterocycles. The van der Waals surface area contributed by atoms with Gasteiger partial charge < -0.3 is 14.6 Å². The predicted octanol–water partition coefficient (Wildman–Crippen LogP) is 1.61. The Morgan fingerprint density at radius 3 is 2.65 bits per heavy atom. The molecular formula is C12H15NO4. The lowest BCUT2D eigenvalue weighted by molar-refractivity contribution is -0.137. The molecule has 0 atom stereocenters. The maximum Gasteiger partial charge on any atom is 0.304 e. The Kier molecular flexibility index (Phi) is 2.92. The minimum atomic E-state index is -0.810. The molecule has 0 bridgehead atoms. The van der Waals surface area contributed by atoms with E-state index in [9.17, 15) is 4.79 Å². The fourth-order valence-electron chi connectivity index (χ4n) is 2.19. The fraction of sp³-hybridized carbons (Fsp3) is 0.500. The van der Waals surface area contributed by atoms with Gasteiger partial charge in [-0.3, -0.25) is 4.79 Å². The number of aliphatic carboxylic acids is 1. The van der Waals surface area contributed by atoms with Crippen LogP contribution in [0.25, 0.3) is 0 Å². The summed E-state index contributed by atoms with van der Waals surface area (Å²) in [5.74, 6) is 0.300. The van der Waals surface area contributed by atoms with Gasteiger partial charge in [-0.1, -0.05) is 0 Å². The van der Waals surface area contributed by atoms with Gasteiger partial charge in [-0.2, -0.15) is 0 Å². The molecule has 1 heterocycles. The summed E-state index contributed by atoms with van der Waals surface area (Å²) >= 11 is 0. The molecule has 92 valence electrons. The van der Waals surface area contributed by atoms with Crippen molar-refractivity contribution in [3.8, 4) is 11.6 Å². The van der Waals surface area contributed by atoms with Crippen LogP contribution in [0.3, 0.4) is 0 Å². The van der Waals surface area contributed by atoms with E-state index in [1.54, 1.807) is 19.4 Å². The quantitative estimate of drug-likeness (QED) is 0.842. The van der Waals surface area contributed by atoms with Crippen molar-refractivity contribution in [1.82, 2.24) is 4.98 Å². The van der Waals surface area contributed by atoms with Gasteiger partial charge in [0.2, 0.25) is 5.88 Å². The van der Waals surface area contributed by atoms with Crippen LogP contribution in [-0.4, -0.2) is 30.3 Å². The molecule has 1 aliphatic rings. The molecule has 5 nitrogen and oxygen atoms in total. The molecule has 1 saturated carbocycles. The van der Waals surface area contributed by atoms with E-state index in [1.165, 1.54) is 7.11 Å². The zero-order valence-corrected chi connectivity index (χ0v) is 9.90. The standard InChI is InChI=1S/C12H15NO4/c1-16-8-3-6-13-11(17-2)10(8)12(4-5-12)7-9(14)15/h3,6H,4-5,7H2,1-2H3,(H,14,15). The first kappa shape index (κ1) is 11.7. The minimum absolute atomic E-state index is 0.0887. The second-order valence-corrected chi connectivity index (χ2v) is 4.25. The molecule has 17 heavy (non-hydrogen) atoms. The second-order valence-electron chi connectivity index (χ2n) is 4.25. The molecule has 1 aliphatic carbocycles. The third-order valence-corrected chi connectivity index (χ3v) is 3.16. The van der Waals surface area contributed by atoms with Gasteiger partial charge in [0.15, 0.2) is 0 Å². The summed E-state index contributed by atoms with van der Waals surface area (Å²) in [7, 11) is 3.09. The van der Waals surface area contributed by atoms with E-state index in [0.29, 0.717) is 11.6 Å². The van der Waals surface area contributed by atoms with Crippen molar-refractivity contribution in [3.63, 3.8) is 0 Å². The van der Waals surface area contributed by atoms with Crippen LogP contribution in [-0.2, 0) is 10.2 Å². The van der Waals surface area contributed by atoms with Gasteiger partial charge in [0.05, 0.1) is 26.2 Å². The monoisotopic (exact) mass is 237 g/mol. The van der Waals surface area contributed by atoms with E-state index in [1.807, 2.05) is 0 Å². The first-order valence-corrected chi connectivity index (χ1v) is 5.42. The molecule has 1 aromatic heterocycles. The lowest BCUT2D eigenvalue weighted by Gasteiger charge is -2.18. The van der Waals surface area contributed by atoms with Crippen LogP contribution in [0, 0.1) is 0 Å². The summed E-state index contributed by atoms with van der Waals surface area (Å²) in [5, 5.41) is 8.98. The van der Waals surface area contributed by atoms with Crippen molar-refractivity contribution in [1.29, 1.82) is 0 Å². The van der Waals surface area contributed by atoms with Crippen molar-refractivity contribution in [2.75, 3.05) is 14.2 Å². The topological polar surface area (TPSA) is 68.7 Å². The normalized spacial score (nSPS) is 16.4. The molecule has 0 spiro atoms. The van der Waals surface area contributed by atoms with E-state index >= 15 is 0 Å². The van der Waals surface area contributed by atoms with Gasteiger partial charge in [-0.05, 0) is 18.9 Å². The Hall–Kier alpha value is -1.78. The first-order chi connectivity index (χ1) is 8.13. The van der Waals surface area contributed by atoms with Gasteiger partial charge in [-0.15, -0.1) is 0 Å². The van der Waals surface area contributed by atoms with Gasteiger partial charge >= 0.3 is 5.97 Å². The van der Waals surface area contributed by atoms with Gasteiger partial charge in [-0.25, -0.2) is 4.98 Å². The minimum Gasteiger partial charge on any atom is -0.496 e. The summed E-state index contributed by atoms with van der Waals surface area (Å²) in [6.45, 7) is 0. The fourth-order valence-corrected chi connectivity index (χ4v) is 2.19. The predicted molar refractivity (Wildman–Crippen MR) is 60.5 cm³/mol. The zero-order chi connectivity index (χ0) is 12.5. The zero-order valence-electron chi connectivity index (χ0n) is 9.90. The molecule has 0 saturated heterocycles. The largest absolute Gasteiger partial charge is 0.496 e. The number of pyridine rings is 1. The molecule has 1 aromatic rings. The Morgan fingerprint density at radius 2 is 2.18 bits per heavy atom. The number of nitrogens with zero attached hydrogens (tertiary/aromatic N) is 1. The molecule has 1 N–H and O–H groups in total. The average Bonchev–Trinajstić information content (AvgIpc) is 3.07. The highest BCUT2D eigenvalue weighted by molar-refractivity contribution is 5.71. The van der Waals surface area contributed by atoms with E-state index in [2.05, 4.69) is 4.98 Å². The summed E-state index contributed by atoms with van der Waals surface area (Å²) < 4.78 is 10.5. The van der Waals surface area contributed by atoms with Crippen LogP contribution in [0.1, 0.15) is 24.8 Å². The second kappa shape index (κ2) is 4.24. The first-order valence-electron chi connectivity index (χ1n) is 5.42. The number of aromatic nitrogens is 1. The number of hydrogen-bond donors (Lipinski definition) is 1. The highest BCUT2D eigenvalue weighted by Gasteiger charge is 2.50. The molecule has 0 amide bonds. The van der Waals surface area contributed by atoms with E-state index in [0.717, 1.165) is 18.4 Å². The lowest BCUT2D eigenvalue weighted by atomic mass is 9.92. The van der Waals surface area contributed by atoms with E-state index in [4.69, 9.17) is 14.6 Å². The SMILES string of the molecule is COc1ccnc(OC)c1C1(CC(=O)O)CC1. The summed E-state index contributed by atoms with van der Waals surface area (Å²) in [4.78, 5) is 15.0. The summed E-state index contributed by atoms with van der Waals surface area (Å²) in [5.41, 5.74) is 0.420. The molecule has 2 rings (SSSR count). The summed E-state index contributed by atoms with van der Waals surface area (Å²) in [6.07, 6.45) is 3.35. The number of carboxylic acids is 1. The lowest BCUT2D eigenvalue weighted by Crippen LogP contribution is -2.16. The van der Waals surface area contributed by atoms with E-state index in [-0.39, 0.29) is 11.8 Å². The Balaban J connectivity index is 2.46. The smallest absolute Gasteiger partial charge is 0.304 e. The molecule has 0 aromatic carbocycles. The maximum absolute atomic E-state index is 10.9. The molecule has 1 fully saturated rings. The highest BCUT2D eigenvalue weighted by atomic mass is 16.5. The van der Waals surface area contributed by atoms with Crippen molar-refractivity contribution in [3.05, 3.63) is 17.8 Å². The van der Waals surface area contributed by atoms with Crippen LogP contribution in [0.4, 0.5) is 0 Å². The van der Waals surface area contributed by atoms with Crippen LogP contribution >= 0.6 is 0 Å². The van der Waals surface area contributed by atoms with Crippen LogP contribution < -0.4 is 9.47 Å². The van der Waals surface area contributed by atoms with Crippen molar-refractivity contribution < 1.29 is 19.4 Å². The Bertz CT molecular complexity index is 418. The Morgan fingerprint density at radius 1 is 1.47 bits per heavy atom. The maximum atomic E-state index is 10.9. The third-order valence-electron chi connectivity index (χ3n) is 3.16. The van der Waals surface area contributed by atoms with Gasteiger partial charge in [0, 0.05) is 11.6 Å². The van der Waals surface area contributed by atoms with Crippen molar-refractivity contribution in [2.45, 2.75) is 24.7 Å². The number of hydrogen-bond acceptors (Lipinski definition) is 4. The number of methoxy groups -OCH3 is 2.